The maximum absolute atomic E-state index is 11.8. The van der Waals surface area contributed by atoms with Gasteiger partial charge in [-0.1, -0.05) is 0 Å². The van der Waals surface area contributed by atoms with E-state index in [-0.39, 0.29) is 5.91 Å². The third kappa shape index (κ3) is 6.04. The lowest BCUT2D eigenvalue weighted by atomic mass is 9.97. The van der Waals surface area contributed by atoms with Gasteiger partial charge in [0.05, 0.1) is 19.2 Å². The molecule has 0 aromatic rings. The molecule has 1 amide bonds. The molecular weight excluding hydrogens is 240 g/mol. The molecule has 0 atom stereocenters. The fourth-order valence-corrected chi connectivity index (χ4v) is 2.17. The Balaban J connectivity index is 2.17. The molecule has 0 unspecified atom stereocenters. The molecule has 1 fully saturated rings. The fourth-order valence-electron chi connectivity index (χ4n) is 2.17. The Kier molecular flexibility index (Phi) is 6.82. The normalized spacial score (nSPS) is 17.7. The first-order valence-electron chi connectivity index (χ1n) is 7.09. The van der Waals surface area contributed by atoms with Crippen LogP contribution in [0.4, 0.5) is 0 Å². The van der Waals surface area contributed by atoms with Crippen molar-refractivity contribution in [3.8, 4) is 6.07 Å². The molecule has 0 bridgehead atoms. The highest BCUT2D eigenvalue weighted by atomic mass is 16.2. The van der Waals surface area contributed by atoms with Gasteiger partial charge in [0.25, 0.3) is 0 Å². The Morgan fingerprint density at radius 2 is 2.11 bits per heavy atom. The zero-order valence-corrected chi connectivity index (χ0v) is 12.4. The maximum Gasteiger partial charge on any atom is 0.234 e. The molecule has 1 aliphatic rings. The number of hydrogen-bond acceptors (Lipinski definition) is 4. The second-order valence-electron chi connectivity index (χ2n) is 5.69. The first-order chi connectivity index (χ1) is 9.02. The summed E-state index contributed by atoms with van der Waals surface area (Å²) in [6.45, 7) is 7.87. The highest BCUT2D eigenvalue weighted by Gasteiger charge is 2.19. The third-order valence-electron chi connectivity index (χ3n) is 3.86. The van der Waals surface area contributed by atoms with Crippen molar-refractivity contribution in [1.82, 2.24) is 15.1 Å². The lowest BCUT2D eigenvalue weighted by Gasteiger charge is -2.30. The van der Waals surface area contributed by atoms with Crippen LogP contribution in [0.1, 0.15) is 26.7 Å². The summed E-state index contributed by atoms with van der Waals surface area (Å²) >= 11 is 0. The molecule has 0 aliphatic carbocycles. The van der Waals surface area contributed by atoms with Crippen molar-refractivity contribution in [2.75, 3.05) is 39.8 Å². The maximum atomic E-state index is 11.8. The van der Waals surface area contributed by atoms with Gasteiger partial charge in [0, 0.05) is 12.6 Å². The predicted octanol–water partition coefficient (Wildman–Crippen LogP) is 0.678. The number of carbonyl (C=O) groups excluding carboxylic acids is 1. The van der Waals surface area contributed by atoms with E-state index in [0.29, 0.717) is 25.0 Å². The average Bonchev–Trinajstić information content (AvgIpc) is 2.38. The number of hydrogen-bond donors (Lipinski definition) is 1. The van der Waals surface area contributed by atoms with Gasteiger partial charge in [-0.15, -0.1) is 0 Å². The van der Waals surface area contributed by atoms with Crippen molar-refractivity contribution in [3.63, 3.8) is 0 Å². The van der Waals surface area contributed by atoms with Crippen LogP contribution in [0.2, 0.25) is 0 Å². The van der Waals surface area contributed by atoms with E-state index in [1.807, 2.05) is 11.9 Å². The van der Waals surface area contributed by atoms with E-state index in [1.54, 1.807) is 0 Å². The molecule has 1 heterocycles. The number of nitrogens with one attached hydrogen (secondary N) is 1. The van der Waals surface area contributed by atoms with Crippen LogP contribution in [-0.4, -0.2) is 61.5 Å². The first-order valence-corrected chi connectivity index (χ1v) is 7.09. The van der Waals surface area contributed by atoms with E-state index >= 15 is 0 Å². The van der Waals surface area contributed by atoms with E-state index < -0.39 is 0 Å². The van der Waals surface area contributed by atoms with Crippen molar-refractivity contribution in [2.45, 2.75) is 32.7 Å². The highest BCUT2D eigenvalue weighted by molar-refractivity contribution is 5.77. The molecule has 0 aromatic carbocycles. The number of rotatable bonds is 6. The van der Waals surface area contributed by atoms with Gasteiger partial charge in [-0.25, -0.2) is 0 Å². The summed E-state index contributed by atoms with van der Waals surface area (Å²) < 4.78 is 0. The molecule has 0 spiro atoms. The molecule has 1 N–H and O–H groups in total. The van der Waals surface area contributed by atoms with E-state index in [0.717, 1.165) is 32.5 Å². The SMILES string of the molecule is CC(C)N(C)CC(=O)NCC1CCN(CC#N)CC1. The van der Waals surface area contributed by atoms with Crippen LogP contribution in [0, 0.1) is 17.2 Å². The summed E-state index contributed by atoms with van der Waals surface area (Å²) in [7, 11) is 1.96. The lowest BCUT2D eigenvalue weighted by Crippen LogP contribution is -2.42. The van der Waals surface area contributed by atoms with Crippen molar-refractivity contribution in [3.05, 3.63) is 0 Å². The van der Waals surface area contributed by atoms with Crippen LogP contribution in [0.5, 0.6) is 0 Å². The van der Waals surface area contributed by atoms with Gasteiger partial charge in [0.1, 0.15) is 0 Å². The van der Waals surface area contributed by atoms with Crippen molar-refractivity contribution >= 4 is 5.91 Å². The Labute approximate surface area is 116 Å². The molecule has 19 heavy (non-hydrogen) atoms. The minimum absolute atomic E-state index is 0.107. The smallest absolute Gasteiger partial charge is 0.234 e. The summed E-state index contributed by atoms with van der Waals surface area (Å²) in [6.07, 6.45) is 2.14. The van der Waals surface area contributed by atoms with Crippen LogP contribution in [0.15, 0.2) is 0 Å². The molecule has 1 aliphatic heterocycles. The second-order valence-corrected chi connectivity index (χ2v) is 5.69. The molecule has 0 saturated carbocycles. The van der Waals surface area contributed by atoms with Crippen LogP contribution in [-0.2, 0) is 4.79 Å². The Morgan fingerprint density at radius 1 is 1.47 bits per heavy atom. The van der Waals surface area contributed by atoms with Gasteiger partial charge in [0.2, 0.25) is 5.91 Å². The summed E-state index contributed by atoms with van der Waals surface area (Å²) in [6, 6.07) is 2.57. The molecule has 1 rings (SSSR count). The van der Waals surface area contributed by atoms with E-state index in [1.165, 1.54) is 0 Å². The van der Waals surface area contributed by atoms with Crippen LogP contribution in [0.25, 0.3) is 0 Å². The number of carbonyl (C=O) groups is 1. The lowest BCUT2D eigenvalue weighted by molar-refractivity contribution is -0.122. The number of likely N-dealkylation sites (N-methyl/N-ethyl adjacent to an activating group) is 1. The number of likely N-dealkylation sites (tertiary alicyclic amines) is 1. The van der Waals surface area contributed by atoms with Crippen LogP contribution >= 0.6 is 0 Å². The zero-order chi connectivity index (χ0) is 14.3. The number of amides is 1. The van der Waals surface area contributed by atoms with Crippen molar-refractivity contribution in [2.24, 2.45) is 5.92 Å². The highest BCUT2D eigenvalue weighted by Crippen LogP contribution is 2.15. The molecule has 0 radical (unpaired) electrons. The van der Waals surface area contributed by atoms with Crippen LogP contribution in [0.3, 0.4) is 0 Å². The Hall–Kier alpha value is -1.12. The molecule has 5 nitrogen and oxygen atoms in total. The standard InChI is InChI=1S/C14H26N4O/c1-12(2)17(3)11-14(19)16-10-13-4-7-18(8-5-13)9-6-15/h12-13H,4-5,7-11H2,1-3H3,(H,16,19). The molecular formula is C14H26N4O. The largest absolute Gasteiger partial charge is 0.355 e. The minimum Gasteiger partial charge on any atom is -0.355 e. The quantitative estimate of drug-likeness (QED) is 0.718. The molecule has 1 saturated heterocycles. The Morgan fingerprint density at radius 3 is 2.63 bits per heavy atom. The number of nitriles is 1. The van der Waals surface area contributed by atoms with Gasteiger partial charge in [0.15, 0.2) is 0 Å². The monoisotopic (exact) mass is 266 g/mol. The second kappa shape index (κ2) is 8.13. The molecule has 5 heteroatoms. The van der Waals surface area contributed by atoms with Crippen molar-refractivity contribution < 1.29 is 4.79 Å². The summed E-state index contributed by atoms with van der Waals surface area (Å²) in [5.41, 5.74) is 0. The third-order valence-corrected chi connectivity index (χ3v) is 3.86. The molecule has 108 valence electrons. The van der Waals surface area contributed by atoms with E-state index in [2.05, 4.69) is 30.1 Å². The first kappa shape index (κ1) is 15.9. The van der Waals surface area contributed by atoms with Gasteiger partial charge in [-0.2, -0.15) is 5.26 Å². The summed E-state index contributed by atoms with van der Waals surface area (Å²) in [5, 5.41) is 11.7. The number of piperidine rings is 1. The summed E-state index contributed by atoms with van der Waals surface area (Å²) in [4.78, 5) is 16.0. The fraction of sp³-hybridized carbons (Fsp3) is 0.857. The average molecular weight is 266 g/mol. The van der Waals surface area contributed by atoms with Gasteiger partial charge >= 0.3 is 0 Å². The zero-order valence-electron chi connectivity index (χ0n) is 12.4. The summed E-state index contributed by atoms with van der Waals surface area (Å²) in [5.74, 6) is 0.666. The van der Waals surface area contributed by atoms with E-state index in [9.17, 15) is 4.79 Å². The van der Waals surface area contributed by atoms with Crippen molar-refractivity contribution in [1.29, 1.82) is 5.26 Å². The predicted molar refractivity (Wildman–Crippen MR) is 75.6 cm³/mol. The number of nitrogens with zero attached hydrogens (tertiary/aromatic N) is 3. The van der Waals surface area contributed by atoms with Crippen LogP contribution < -0.4 is 5.32 Å². The van der Waals surface area contributed by atoms with Gasteiger partial charge in [-0.05, 0) is 52.7 Å². The minimum atomic E-state index is 0.107. The van der Waals surface area contributed by atoms with Gasteiger partial charge in [-0.3, -0.25) is 14.6 Å². The Bertz CT molecular complexity index is 316. The van der Waals surface area contributed by atoms with E-state index in [4.69, 9.17) is 5.26 Å². The molecule has 0 aromatic heterocycles. The topological polar surface area (TPSA) is 59.4 Å². The van der Waals surface area contributed by atoms with Gasteiger partial charge < -0.3 is 5.32 Å².